The summed E-state index contributed by atoms with van der Waals surface area (Å²) in [6.07, 6.45) is 0. The Bertz CT molecular complexity index is 1540. The van der Waals surface area contributed by atoms with Crippen molar-refractivity contribution in [2.45, 2.75) is 19.8 Å². The molecule has 4 aromatic carbocycles. The second-order valence-electron chi connectivity index (χ2n) is 8.88. The molecule has 0 spiro atoms. The van der Waals surface area contributed by atoms with Crippen LogP contribution in [0.4, 0.5) is 0 Å². The minimum absolute atomic E-state index is 0.169. The van der Waals surface area contributed by atoms with Crippen LogP contribution in [0.5, 0.6) is 5.75 Å². The Balaban J connectivity index is 1.93. The third-order valence-corrected chi connectivity index (χ3v) is 8.78. The zero-order valence-corrected chi connectivity index (χ0v) is 22.8. The van der Waals surface area contributed by atoms with Gasteiger partial charge in [0.1, 0.15) is 11.2 Å². The van der Waals surface area contributed by atoms with Crippen molar-refractivity contribution in [1.82, 2.24) is 4.57 Å². The molecule has 0 amide bonds. The number of methoxy groups -OCH3 is 1. The lowest BCUT2D eigenvalue weighted by molar-refractivity contribution is 0.229. The fraction of sp³-hybridized carbons (Fsp3) is 0.188. The normalized spacial score (nSPS) is 12.5. The molecule has 0 aliphatic rings. The number of hydrogen-bond acceptors (Lipinski definition) is 4. The van der Waals surface area contributed by atoms with Crippen molar-refractivity contribution in [2.24, 2.45) is 0 Å². The molecule has 0 saturated heterocycles. The highest BCUT2D eigenvalue weighted by Gasteiger charge is 2.38. The number of fused-ring (bicyclic) bond motifs is 1. The average molecular weight is 526 g/mol. The molecule has 1 aromatic heterocycles. The highest BCUT2D eigenvalue weighted by molar-refractivity contribution is 7.62. The van der Waals surface area contributed by atoms with E-state index in [9.17, 15) is 4.57 Å². The van der Waals surface area contributed by atoms with Gasteiger partial charge in [0.15, 0.2) is 0 Å². The Hall–Kier alpha value is -3.63. The van der Waals surface area contributed by atoms with Crippen LogP contribution in [-0.4, -0.2) is 24.9 Å². The van der Waals surface area contributed by atoms with E-state index in [0.717, 1.165) is 39.0 Å². The molecule has 0 fully saturated rings. The first-order valence-electron chi connectivity index (χ1n) is 12.9. The molecule has 5 nitrogen and oxygen atoms in total. The summed E-state index contributed by atoms with van der Waals surface area (Å²) in [5, 5.41) is 1.85. The van der Waals surface area contributed by atoms with Gasteiger partial charge in [0.25, 0.3) is 0 Å². The molecule has 0 aliphatic carbocycles. The summed E-state index contributed by atoms with van der Waals surface area (Å²) < 4.78 is 34.0. The van der Waals surface area contributed by atoms with Gasteiger partial charge in [-0.15, -0.1) is 0 Å². The van der Waals surface area contributed by atoms with Crippen LogP contribution in [-0.2, 0) is 13.6 Å². The number of nitrogens with zero attached hydrogens (tertiary/aromatic N) is 1. The van der Waals surface area contributed by atoms with E-state index in [0.29, 0.717) is 5.44 Å². The maximum atomic E-state index is 14.5. The first kappa shape index (κ1) is 26.0. The van der Waals surface area contributed by atoms with Crippen molar-refractivity contribution in [2.75, 3.05) is 20.3 Å². The molecule has 5 aromatic rings. The first-order valence-corrected chi connectivity index (χ1v) is 14.4. The summed E-state index contributed by atoms with van der Waals surface area (Å²) in [7, 11) is -2.02. The van der Waals surface area contributed by atoms with Crippen molar-refractivity contribution in [3.05, 3.63) is 126 Å². The largest absolute Gasteiger partial charge is 0.497 e. The molecule has 0 radical (unpaired) electrons. The predicted molar refractivity (Wildman–Crippen MR) is 154 cm³/mol. The van der Waals surface area contributed by atoms with Crippen LogP contribution in [0.1, 0.15) is 36.6 Å². The molecule has 6 heteroatoms. The van der Waals surface area contributed by atoms with Gasteiger partial charge < -0.3 is 18.4 Å². The SMILES string of the molecule is CCOP(=O)(OCC)c1c2ccccc2c(C(c2ccccc2)c2ccc(OC)cc2)n1-c1ccccc1. The van der Waals surface area contributed by atoms with E-state index in [2.05, 4.69) is 47.0 Å². The number of benzene rings is 4. The van der Waals surface area contributed by atoms with Gasteiger partial charge >= 0.3 is 7.60 Å². The fourth-order valence-corrected chi connectivity index (χ4v) is 7.06. The summed E-state index contributed by atoms with van der Waals surface area (Å²) in [4.78, 5) is 0. The highest BCUT2D eigenvalue weighted by Crippen LogP contribution is 2.51. The van der Waals surface area contributed by atoms with Crippen LogP contribution in [0, 0.1) is 0 Å². The van der Waals surface area contributed by atoms with Gasteiger partial charge in [0.05, 0.1) is 26.2 Å². The third-order valence-electron chi connectivity index (χ3n) is 6.62. The fourth-order valence-electron chi connectivity index (χ4n) is 5.10. The quantitative estimate of drug-likeness (QED) is 0.175. The minimum atomic E-state index is -3.69. The zero-order chi connectivity index (χ0) is 26.5. The molecule has 38 heavy (non-hydrogen) atoms. The summed E-state index contributed by atoms with van der Waals surface area (Å²) >= 11 is 0. The first-order chi connectivity index (χ1) is 18.6. The Labute approximate surface area is 224 Å². The van der Waals surface area contributed by atoms with Gasteiger partial charge in [0.2, 0.25) is 0 Å². The van der Waals surface area contributed by atoms with Gasteiger partial charge in [-0.3, -0.25) is 4.57 Å². The van der Waals surface area contributed by atoms with Gasteiger partial charge in [-0.25, -0.2) is 0 Å². The molecule has 1 atom stereocenters. The predicted octanol–water partition coefficient (Wildman–Crippen LogP) is 7.71. The lowest BCUT2D eigenvalue weighted by Gasteiger charge is -2.25. The number of hydrogen-bond donors (Lipinski definition) is 0. The lowest BCUT2D eigenvalue weighted by atomic mass is 9.86. The minimum Gasteiger partial charge on any atom is -0.497 e. The van der Waals surface area contributed by atoms with E-state index in [1.807, 2.05) is 80.6 Å². The van der Waals surface area contributed by atoms with Crippen molar-refractivity contribution in [3.63, 3.8) is 0 Å². The van der Waals surface area contributed by atoms with Gasteiger partial charge in [-0.2, -0.15) is 0 Å². The van der Waals surface area contributed by atoms with E-state index >= 15 is 0 Å². The second-order valence-corrected chi connectivity index (χ2v) is 10.8. The monoisotopic (exact) mass is 525 g/mol. The summed E-state index contributed by atoms with van der Waals surface area (Å²) in [6.45, 7) is 4.21. The van der Waals surface area contributed by atoms with E-state index in [1.54, 1.807) is 7.11 Å². The highest BCUT2D eigenvalue weighted by atomic mass is 31.2. The standard InChI is InChI=1S/C32H32NO4P/c1-4-36-38(34,37-5-2)32-29-19-13-12-18-28(29)31(33(32)26-16-10-7-11-17-26)30(24-14-8-6-9-15-24)25-20-22-27(35-3)23-21-25/h6-23,30H,4-5H2,1-3H3. The van der Waals surface area contributed by atoms with Crippen LogP contribution in [0.15, 0.2) is 109 Å². The summed E-state index contributed by atoms with van der Waals surface area (Å²) in [5.74, 6) is 0.624. The number of aromatic nitrogens is 1. The molecule has 1 unspecified atom stereocenters. The zero-order valence-electron chi connectivity index (χ0n) is 21.9. The van der Waals surface area contributed by atoms with Crippen LogP contribution in [0.25, 0.3) is 16.5 Å². The van der Waals surface area contributed by atoms with Gasteiger partial charge in [0, 0.05) is 22.2 Å². The van der Waals surface area contributed by atoms with E-state index < -0.39 is 7.60 Å². The summed E-state index contributed by atoms with van der Waals surface area (Å²) in [6, 6.07) is 36.7. The Morgan fingerprint density at radius 2 is 1.21 bits per heavy atom. The van der Waals surface area contributed by atoms with E-state index in [1.165, 1.54) is 0 Å². The molecular formula is C32H32NO4P. The molecule has 0 aliphatic heterocycles. The number of para-hydroxylation sites is 1. The maximum Gasteiger partial charge on any atom is 0.378 e. The van der Waals surface area contributed by atoms with E-state index in [-0.39, 0.29) is 19.1 Å². The smallest absolute Gasteiger partial charge is 0.378 e. The molecule has 5 rings (SSSR count). The molecule has 0 N–H and O–H groups in total. The molecule has 194 valence electrons. The van der Waals surface area contributed by atoms with Crippen molar-refractivity contribution >= 4 is 23.8 Å². The Kier molecular flexibility index (Phi) is 7.80. The van der Waals surface area contributed by atoms with Crippen LogP contribution >= 0.6 is 7.60 Å². The van der Waals surface area contributed by atoms with Crippen LogP contribution in [0.3, 0.4) is 0 Å². The van der Waals surface area contributed by atoms with Crippen molar-refractivity contribution in [3.8, 4) is 11.4 Å². The van der Waals surface area contributed by atoms with Crippen LogP contribution < -0.4 is 10.2 Å². The molecular weight excluding hydrogens is 493 g/mol. The van der Waals surface area contributed by atoms with Gasteiger partial charge in [-0.1, -0.05) is 84.9 Å². The number of rotatable bonds is 10. The van der Waals surface area contributed by atoms with Crippen molar-refractivity contribution in [1.29, 1.82) is 0 Å². The summed E-state index contributed by atoms with van der Waals surface area (Å²) in [5.41, 5.74) is 4.65. The van der Waals surface area contributed by atoms with Gasteiger partial charge in [-0.05, 0) is 49.2 Å². The molecule has 0 bridgehead atoms. The number of ether oxygens (including phenoxy) is 1. The van der Waals surface area contributed by atoms with Crippen LogP contribution in [0.2, 0.25) is 0 Å². The lowest BCUT2D eigenvalue weighted by Crippen LogP contribution is -2.23. The average Bonchev–Trinajstić information content (AvgIpc) is 3.31. The third kappa shape index (κ3) is 4.81. The Morgan fingerprint density at radius 3 is 1.79 bits per heavy atom. The topological polar surface area (TPSA) is 49.7 Å². The van der Waals surface area contributed by atoms with E-state index in [4.69, 9.17) is 13.8 Å². The molecule has 0 saturated carbocycles. The second kappa shape index (κ2) is 11.4. The van der Waals surface area contributed by atoms with Crippen molar-refractivity contribution < 1.29 is 18.3 Å². The molecule has 1 heterocycles. The Morgan fingerprint density at radius 1 is 0.684 bits per heavy atom. The maximum absolute atomic E-state index is 14.5.